The summed E-state index contributed by atoms with van der Waals surface area (Å²) >= 11 is 0. The van der Waals surface area contributed by atoms with Crippen LogP contribution in [0.4, 0.5) is 26.7 Å². The molecule has 0 spiro atoms. The van der Waals surface area contributed by atoms with Gasteiger partial charge >= 0.3 is 12.1 Å². The Bertz CT molecular complexity index is 1580. The topological polar surface area (TPSA) is 151 Å². The number of anilines is 2. The van der Waals surface area contributed by atoms with Gasteiger partial charge in [0.05, 0.1) is 24.7 Å². The Morgan fingerprint density at radius 2 is 1.71 bits per heavy atom. The van der Waals surface area contributed by atoms with Gasteiger partial charge in [0.2, 0.25) is 5.79 Å². The van der Waals surface area contributed by atoms with Gasteiger partial charge in [0.1, 0.15) is 11.9 Å². The number of carbonyl (C=O) groups is 2. The lowest BCUT2D eigenvalue weighted by Gasteiger charge is -2.32. The van der Waals surface area contributed by atoms with Gasteiger partial charge in [-0.15, -0.1) is 0 Å². The van der Waals surface area contributed by atoms with Crippen molar-refractivity contribution in [3.63, 3.8) is 0 Å². The van der Waals surface area contributed by atoms with Gasteiger partial charge in [0.15, 0.2) is 0 Å². The maximum absolute atomic E-state index is 12.4. The van der Waals surface area contributed by atoms with Crippen LogP contribution < -0.4 is 15.4 Å². The van der Waals surface area contributed by atoms with Crippen molar-refractivity contribution in [1.29, 1.82) is 0 Å². The van der Waals surface area contributed by atoms with Crippen molar-refractivity contribution in [2.45, 2.75) is 64.6 Å². The van der Waals surface area contributed by atoms with Gasteiger partial charge in [0, 0.05) is 69.3 Å². The highest BCUT2D eigenvalue weighted by Gasteiger charge is 2.33. The van der Waals surface area contributed by atoms with Gasteiger partial charge in [-0.25, -0.2) is 9.59 Å². The number of nitrogens with one attached hydrogen (secondary N) is 2. The summed E-state index contributed by atoms with van der Waals surface area (Å²) in [5.74, 6) is 0.152. The summed E-state index contributed by atoms with van der Waals surface area (Å²) in [6.45, 7) is 7.56. The monoisotopic (exact) mass is 662 g/mol. The summed E-state index contributed by atoms with van der Waals surface area (Å²) < 4.78 is 28.8. The fourth-order valence-corrected chi connectivity index (χ4v) is 5.39. The quantitative estimate of drug-likeness (QED) is 0.0924. The molecule has 1 fully saturated rings. The van der Waals surface area contributed by atoms with Gasteiger partial charge < -0.3 is 39.2 Å². The summed E-state index contributed by atoms with van der Waals surface area (Å²) in [6, 6.07) is 18.4. The fourth-order valence-electron chi connectivity index (χ4n) is 5.39. The molecular formula is C35H42N4O9. The average Bonchev–Trinajstić information content (AvgIpc) is 3.43. The van der Waals surface area contributed by atoms with E-state index in [2.05, 4.69) is 10.6 Å². The van der Waals surface area contributed by atoms with Crippen molar-refractivity contribution in [2.75, 3.05) is 43.5 Å². The minimum Gasteiger partial charge on any atom is -0.463 e. The number of benzene rings is 3. The number of urea groups is 1. The molecule has 0 saturated carbocycles. The second kappa shape index (κ2) is 16.4. The lowest BCUT2D eigenvalue weighted by atomic mass is 10.0. The highest BCUT2D eigenvalue weighted by molar-refractivity contribution is 5.99. The SMILES string of the molecule is CC1(C)OCc2cc(C3CN(CCCCCOCCCOCc4cccc(NC(=O)Nc5cccc([N+](=O)[O-])c5)c4)C(=O)O3)ccc2O1. The summed E-state index contributed by atoms with van der Waals surface area (Å²) in [5, 5.41) is 16.3. The lowest BCUT2D eigenvalue weighted by molar-refractivity contribution is -0.384. The van der Waals surface area contributed by atoms with Crippen LogP contribution in [0.25, 0.3) is 0 Å². The normalized spacial score (nSPS) is 16.5. The summed E-state index contributed by atoms with van der Waals surface area (Å²) in [7, 11) is 0. The van der Waals surface area contributed by atoms with Crippen LogP contribution in [0.3, 0.4) is 0 Å². The molecule has 1 atom stereocenters. The van der Waals surface area contributed by atoms with Gasteiger partial charge in [-0.1, -0.05) is 24.3 Å². The van der Waals surface area contributed by atoms with Crippen LogP contribution in [0.2, 0.25) is 0 Å². The molecule has 256 valence electrons. The number of ether oxygens (including phenoxy) is 5. The molecule has 3 aromatic rings. The first kappa shape index (κ1) is 34.6. The third kappa shape index (κ3) is 10.1. The Balaban J connectivity index is 0.894. The third-order valence-corrected chi connectivity index (χ3v) is 7.84. The number of nitro groups is 1. The number of carbonyl (C=O) groups excluding carboxylic acids is 2. The number of cyclic esters (lactones) is 1. The number of nitro benzene ring substituents is 1. The van der Waals surface area contributed by atoms with Crippen molar-refractivity contribution >= 4 is 29.2 Å². The van der Waals surface area contributed by atoms with Crippen LogP contribution in [0.1, 0.15) is 62.3 Å². The standard InChI is InChI=1S/C35H42N4O9/c1-35(2)46-24-27-20-26(13-14-31(27)48-35)32-22-38(34(41)47-32)15-4-3-5-16-44-17-8-18-45-23-25-9-6-10-28(19-25)36-33(40)37-29-11-7-12-30(21-29)39(42)43/h6-7,9-14,19-21,32H,3-5,8,15-18,22-24H2,1-2H3,(H2,36,37,40). The predicted molar refractivity (Wildman–Crippen MR) is 178 cm³/mol. The molecule has 2 N–H and O–H groups in total. The first-order valence-electron chi connectivity index (χ1n) is 16.1. The molecule has 3 amide bonds. The molecule has 2 heterocycles. The van der Waals surface area contributed by atoms with E-state index in [1.54, 1.807) is 17.0 Å². The highest BCUT2D eigenvalue weighted by atomic mass is 16.7. The van der Waals surface area contributed by atoms with E-state index in [9.17, 15) is 19.7 Å². The van der Waals surface area contributed by atoms with Crippen molar-refractivity contribution in [3.8, 4) is 5.75 Å². The van der Waals surface area contributed by atoms with E-state index in [0.717, 1.165) is 48.1 Å². The van der Waals surface area contributed by atoms with Gasteiger partial charge in [-0.2, -0.15) is 0 Å². The third-order valence-electron chi connectivity index (χ3n) is 7.84. The molecule has 13 nitrogen and oxygen atoms in total. The molecule has 1 unspecified atom stereocenters. The Labute approximate surface area is 279 Å². The van der Waals surface area contributed by atoms with E-state index in [1.807, 2.05) is 50.2 Å². The van der Waals surface area contributed by atoms with E-state index in [4.69, 9.17) is 23.7 Å². The van der Waals surface area contributed by atoms with E-state index in [-0.39, 0.29) is 17.9 Å². The smallest absolute Gasteiger partial charge is 0.410 e. The van der Waals surface area contributed by atoms with E-state index < -0.39 is 16.7 Å². The van der Waals surface area contributed by atoms with Crippen LogP contribution in [0.15, 0.2) is 66.7 Å². The Morgan fingerprint density at radius 1 is 0.958 bits per heavy atom. The summed E-state index contributed by atoms with van der Waals surface area (Å²) in [6.07, 6.45) is 2.90. The van der Waals surface area contributed by atoms with Crippen molar-refractivity contribution in [3.05, 3.63) is 93.5 Å². The van der Waals surface area contributed by atoms with Crippen LogP contribution >= 0.6 is 0 Å². The van der Waals surface area contributed by atoms with Crippen molar-refractivity contribution in [2.24, 2.45) is 0 Å². The van der Waals surface area contributed by atoms with Gasteiger partial charge in [-0.3, -0.25) is 10.1 Å². The maximum atomic E-state index is 12.4. The van der Waals surface area contributed by atoms with Crippen molar-refractivity contribution < 1.29 is 38.2 Å². The molecule has 5 rings (SSSR count). The molecule has 2 aliphatic rings. The molecule has 3 aromatic carbocycles. The Hall–Kier alpha value is -4.72. The zero-order valence-electron chi connectivity index (χ0n) is 27.3. The van der Waals surface area contributed by atoms with Gasteiger partial charge in [0.25, 0.3) is 5.69 Å². The number of hydrogen-bond donors (Lipinski definition) is 2. The maximum Gasteiger partial charge on any atom is 0.410 e. The number of non-ortho nitro benzene ring substituents is 1. The second-order valence-electron chi connectivity index (χ2n) is 12.1. The predicted octanol–water partition coefficient (Wildman–Crippen LogP) is 7.17. The highest BCUT2D eigenvalue weighted by Crippen LogP contribution is 2.35. The second-order valence-corrected chi connectivity index (χ2v) is 12.1. The van der Waals surface area contributed by atoms with Crippen LogP contribution in [-0.2, 0) is 32.2 Å². The molecule has 0 aliphatic carbocycles. The number of amides is 3. The van der Waals surface area contributed by atoms with Crippen LogP contribution in [-0.4, -0.2) is 60.6 Å². The molecule has 0 radical (unpaired) electrons. The fraction of sp³-hybridized carbons (Fsp3) is 0.429. The first-order valence-corrected chi connectivity index (χ1v) is 16.1. The zero-order chi connectivity index (χ0) is 33.9. The Morgan fingerprint density at radius 3 is 2.52 bits per heavy atom. The largest absolute Gasteiger partial charge is 0.463 e. The van der Waals surface area contributed by atoms with E-state index in [0.29, 0.717) is 57.5 Å². The van der Waals surface area contributed by atoms with E-state index in [1.165, 1.54) is 18.2 Å². The average molecular weight is 663 g/mol. The Kier molecular flexibility index (Phi) is 11.8. The number of unbranched alkanes of at least 4 members (excludes halogenated alkanes) is 2. The number of rotatable bonds is 16. The molecule has 0 bridgehead atoms. The molecule has 13 heteroatoms. The van der Waals surface area contributed by atoms with Crippen molar-refractivity contribution in [1.82, 2.24) is 4.90 Å². The molecular weight excluding hydrogens is 620 g/mol. The summed E-state index contributed by atoms with van der Waals surface area (Å²) in [4.78, 5) is 37.0. The van der Waals surface area contributed by atoms with Crippen LogP contribution in [0, 0.1) is 10.1 Å². The van der Waals surface area contributed by atoms with E-state index >= 15 is 0 Å². The number of nitrogens with zero attached hydrogens (tertiary/aromatic N) is 2. The number of hydrogen-bond acceptors (Lipinski definition) is 9. The van der Waals surface area contributed by atoms with Crippen LogP contribution in [0.5, 0.6) is 5.75 Å². The molecule has 48 heavy (non-hydrogen) atoms. The lowest BCUT2D eigenvalue weighted by Crippen LogP contribution is -2.35. The molecule has 2 aliphatic heterocycles. The van der Waals surface area contributed by atoms with Gasteiger partial charge in [-0.05, 0) is 67.1 Å². The zero-order valence-corrected chi connectivity index (χ0v) is 27.3. The minimum absolute atomic E-state index is 0.103. The summed E-state index contributed by atoms with van der Waals surface area (Å²) in [5.41, 5.74) is 3.60. The minimum atomic E-state index is -0.648. The molecule has 0 aromatic heterocycles. The molecule has 1 saturated heterocycles. The number of fused-ring (bicyclic) bond motifs is 1. The first-order chi connectivity index (χ1) is 23.1.